The third kappa shape index (κ3) is 9.75. The zero-order valence-corrected chi connectivity index (χ0v) is 52.9. The first kappa shape index (κ1) is 56.7. The van der Waals surface area contributed by atoms with E-state index < -0.39 is 0 Å². The summed E-state index contributed by atoms with van der Waals surface area (Å²) in [6.07, 6.45) is 0. The zero-order chi connectivity index (χ0) is 62.3. The van der Waals surface area contributed by atoms with E-state index in [1.165, 1.54) is 66.8 Å². The fourth-order valence-corrected chi connectivity index (χ4v) is 14.6. The van der Waals surface area contributed by atoms with Crippen molar-refractivity contribution in [3.8, 4) is 84.0 Å². The summed E-state index contributed by atoms with van der Waals surface area (Å²) in [7, 11) is 5.19. The largest absolute Gasteiger partial charge is 0.497 e. The minimum atomic E-state index is -0.131. The third-order valence-corrected chi connectivity index (χ3v) is 19.6. The van der Waals surface area contributed by atoms with E-state index in [2.05, 4.69) is 299 Å². The molecule has 0 aromatic heterocycles. The maximum Gasteiger partial charge on any atom is 0.119 e. The predicted molar refractivity (Wildman–Crippen MR) is 379 cm³/mol. The average Bonchev–Trinajstić information content (AvgIpc) is 1.61. The number of hydrogen-bond acceptors (Lipinski definition) is 7. The Morgan fingerprint density at radius 3 is 0.791 bits per heavy atom. The lowest BCUT2D eigenvalue weighted by atomic mass is 9.81. The Hall–Kier alpha value is -10.8. The van der Waals surface area contributed by atoms with Crippen LogP contribution in [0, 0.1) is 0 Å². The van der Waals surface area contributed by atoms with E-state index >= 15 is 0 Å². The van der Waals surface area contributed by atoms with Crippen LogP contribution < -0.4 is 35.1 Å². The number of rotatable bonds is 15. The van der Waals surface area contributed by atoms with Crippen LogP contribution in [0.2, 0.25) is 0 Å². The average molecular weight is 1190 g/mol. The van der Waals surface area contributed by atoms with Crippen molar-refractivity contribution in [2.45, 2.75) is 57.8 Å². The van der Waals surface area contributed by atoms with Crippen molar-refractivity contribution < 1.29 is 14.2 Å². The molecule has 0 atom stereocenters. The Morgan fingerprint density at radius 2 is 0.516 bits per heavy atom. The summed E-state index contributed by atoms with van der Waals surface area (Å²) >= 11 is 0. The molecule has 0 spiro atoms. The van der Waals surface area contributed by atoms with Gasteiger partial charge in [-0.3, -0.25) is 0 Å². The van der Waals surface area contributed by atoms with Gasteiger partial charge in [-0.25, -0.2) is 0 Å². The van der Waals surface area contributed by atoms with Crippen LogP contribution in [0.4, 0.5) is 51.2 Å². The Kier molecular flexibility index (Phi) is 13.8. The van der Waals surface area contributed by atoms with E-state index in [0.717, 1.165) is 102 Å². The molecule has 446 valence electrons. The molecule has 3 aliphatic rings. The van der Waals surface area contributed by atoms with E-state index in [-0.39, 0.29) is 16.2 Å². The molecule has 3 N–H and O–H groups in total. The van der Waals surface area contributed by atoms with Gasteiger partial charge in [0, 0.05) is 84.1 Å². The van der Waals surface area contributed by atoms with Gasteiger partial charge in [0.1, 0.15) is 17.2 Å². The molecule has 91 heavy (non-hydrogen) atoms. The van der Waals surface area contributed by atoms with Gasteiger partial charge in [-0.15, -0.1) is 0 Å². The number of anilines is 9. The highest BCUT2D eigenvalue weighted by molar-refractivity contribution is 5.92. The smallest absolute Gasteiger partial charge is 0.119 e. The summed E-state index contributed by atoms with van der Waals surface area (Å²) in [5.74, 6) is 2.40. The molecule has 0 radical (unpaired) electrons. The minimum Gasteiger partial charge on any atom is -0.497 e. The van der Waals surface area contributed by atoms with Crippen LogP contribution in [-0.2, 0) is 16.2 Å². The molecule has 0 unspecified atom stereocenters. The summed E-state index contributed by atoms with van der Waals surface area (Å²) in [6.45, 7) is 14.0. The van der Waals surface area contributed by atoms with Crippen molar-refractivity contribution in [2.24, 2.45) is 0 Å². The Bertz CT molecular complexity index is 4340. The van der Waals surface area contributed by atoms with Gasteiger partial charge in [0.25, 0.3) is 0 Å². The van der Waals surface area contributed by atoms with Crippen LogP contribution in [0.5, 0.6) is 17.2 Å². The predicted octanol–water partition coefficient (Wildman–Crippen LogP) is 22.3. The normalized spacial score (nSPS) is 13.8. The summed E-state index contributed by atoms with van der Waals surface area (Å²) in [6, 6.07) is 92.0. The highest BCUT2D eigenvalue weighted by Crippen LogP contribution is 2.54. The topological polar surface area (TPSA) is 67.0 Å². The third-order valence-electron chi connectivity index (χ3n) is 19.6. The number of methoxy groups -OCH3 is 3. The highest BCUT2D eigenvalue weighted by Gasteiger charge is 2.38. The second-order valence-electron chi connectivity index (χ2n) is 25.9. The molecule has 15 rings (SSSR count). The van der Waals surface area contributed by atoms with Crippen molar-refractivity contribution in [1.29, 1.82) is 0 Å². The molecule has 0 fully saturated rings. The molecule has 7 nitrogen and oxygen atoms in total. The van der Waals surface area contributed by atoms with Crippen LogP contribution in [0.15, 0.2) is 255 Å². The first-order valence-electron chi connectivity index (χ1n) is 31.4. The van der Waals surface area contributed by atoms with Gasteiger partial charge >= 0.3 is 0 Å². The van der Waals surface area contributed by atoms with Crippen molar-refractivity contribution in [3.63, 3.8) is 0 Å². The molecule has 0 bridgehead atoms. The van der Waals surface area contributed by atoms with Gasteiger partial charge in [-0.05, 0) is 229 Å². The molecular weight excluding hydrogens is 1110 g/mol. The Labute approximate surface area is 534 Å². The van der Waals surface area contributed by atoms with Gasteiger partial charge < -0.3 is 35.1 Å². The molecule has 12 aromatic rings. The minimum absolute atomic E-state index is 0.131. The summed E-state index contributed by atoms with van der Waals surface area (Å²) in [5, 5.41) is 11.4. The standard InChI is InChI=1S/C84H72N4O3/c1-82(2)73-19-13-10-16-64(73)67-40-22-52(46-76(67)82)70-49-61(89-7)37-43-79(70)85-55-25-31-58(32-26-55)88(59-33-27-56(28-34-59)86-80-44-38-62(90-8)50-71(80)53-23-41-68-65-17-11-14-20-74(65)83(3,4)77(68)47-53)60-35-29-57(30-36-60)87-81-45-39-63(91-9)51-72(81)54-24-42-69-66-18-12-15-21-75(66)84(5,6)78(69)48-54/h10-51,85-87H,1-9H3. The van der Waals surface area contributed by atoms with E-state index in [4.69, 9.17) is 14.2 Å². The number of ether oxygens (including phenoxy) is 3. The van der Waals surface area contributed by atoms with Gasteiger partial charge in [-0.1, -0.05) is 151 Å². The Morgan fingerprint density at radius 1 is 0.253 bits per heavy atom. The fourth-order valence-electron chi connectivity index (χ4n) is 14.6. The van der Waals surface area contributed by atoms with Crippen molar-refractivity contribution in [2.75, 3.05) is 42.2 Å². The van der Waals surface area contributed by atoms with Crippen LogP contribution in [-0.4, -0.2) is 21.3 Å². The van der Waals surface area contributed by atoms with Gasteiger partial charge in [0.05, 0.1) is 21.3 Å². The lowest BCUT2D eigenvalue weighted by Crippen LogP contribution is -2.14. The van der Waals surface area contributed by atoms with Gasteiger partial charge in [0.15, 0.2) is 0 Å². The van der Waals surface area contributed by atoms with E-state index in [1.54, 1.807) is 21.3 Å². The number of nitrogens with one attached hydrogen (secondary N) is 3. The summed E-state index contributed by atoms with van der Waals surface area (Å²) < 4.78 is 17.5. The highest BCUT2D eigenvalue weighted by atomic mass is 16.5. The molecule has 3 aliphatic carbocycles. The first-order valence-corrected chi connectivity index (χ1v) is 31.4. The van der Waals surface area contributed by atoms with Gasteiger partial charge in [-0.2, -0.15) is 0 Å². The van der Waals surface area contributed by atoms with Crippen molar-refractivity contribution in [3.05, 3.63) is 288 Å². The second kappa shape index (κ2) is 22.1. The molecular formula is C84H72N4O3. The molecule has 0 saturated heterocycles. The number of nitrogens with zero attached hydrogens (tertiary/aromatic N) is 1. The quantitative estimate of drug-likeness (QED) is 0.0945. The molecule has 12 aromatic carbocycles. The maximum atomic E-state index is 5.84. The van der Waals surface area contributed by atoms with Crippen LogP contribution >= 0.6 is 0 Å². The summed E-state index contributed by atoms with van der Waals surface area (Å²) in [4.78, 5) is 2.31. The van der Waals surface area contributed by atoms with E-state index in [9.17, 15) is 0 Å². The zero-order valence-electron chi connectivity index (χ0n) is 52.9. The number of hydrogen-bond donors (Lipinski definition) is 3. The second-order valence-corrected chi connectivity index (χ2v) is 25.9. The van der Waals surface area contributed by atoms with Crippen molar-refractivity contribution in [1.82, 2.24) is 0 Å². The first-order chi connectivity index (χ1) is 44.2. The monoisotopic (exact) mass is 1180 g/mol. The lowest BCUT2D eigenvalue weighted by Gasteiger charge is -2.26. The van der Waals surface area contributed by atoms with Crippen LogP contribution in [0.1, 0.15) is 74.9 Å². The number of fused-ring (bicyclic) bond motifs is 9. The molecule has 0 aliphatic heterocycles. The molecule has 0 heterocycles. The maximum absolute atomic E-state index is 5.84. The van der Waals surface area contributed by atoms with E-state index in [0.29, 0.717) is 0 Å². The SMILES string of the molecule is COc1ccc(Nc2ccc(N(c3ccc(Nc4ccc(OC)cc4-c4ccc5c(c4)C(C)(C)c4ccccc4-5)cc3)c3ccc(Nc4ccc(OC)cc4-c4ccc5c(c4)C(C)(C)c4ccccc4-5)cc3)cc2)c(-c2ccc3c(c2)C(C)(C)c2ccccc2-3)c1. The van der Waals surface area contributed by atoms with E-state index in [1.807, 2.05) is 18.2 Å². The molecule has 0 amide bonds. The van der Waals surface area contributed by atoms with Gasteiger partial charge in [0.2, 0.25) is 0 Å². The lowest BCUT2D eigenvalue weighted by molar-refractivity contribution is 0.415. The van der Waals surface area contributed by atoms with Crippen LogP contribution in [0.25, 0.3) is 66.8 Å². The molecule has 7 heteroatoms. The number of benzene rings is 12. The summed E-state index contributed by atoms with van der Waals surface area (Å²) in [5.41, 5.74) is 30.9. The fraction of sp³-hybridized carbons (Fsp3) is 0.143. The van der Waals surface area contributed by atoms with Crippen molar-refractivity contribution >= 4 is 51.2 Å². The van der Waals surface area contributed by atoms with Crippen LogP contribution in [0.3, 0.4) is 0 Å². The molecule has 0 saturated carbocycles. The Balaban J connectivity index is 0.758.